The number of carbonyl (C=O) groups excluding carboxylic acids is 1. The van der Waals surface area contributed by atoms with Crippen LogP contribution in [0, 0.1) is 5.82 Å². The highest BCUT2D eigenvalue weighted by atomic mass is 19.1. The van der Waals surface area contributed by atoms with Crippen molar-refractivity contribution in [1.29, 1.82) is 0 Å². The Morgan fingerprint density at radius 1 is 1.14 bits per heavy atom. The Bertz CT molecular complexity index is 789. The maximum Gasteiger partial charge on any atom is 0.317 e. The predicted octanol–water partition coefficient (Wildman–Crippen LogP) is 4.27. The van der Waals surface area contributed by atoms with Crippen molar-refractivity contribution in [2.75, 3.05) is 6.61 Å². The van der Waals surface area contributed by atoms with Crippen LogP contribution in [0.2, 0.25) is 0 Å². The molecule has 0 amide bonds. The highest BCUT2D eigenvalue weighted by Crippen LogP contribution is 2.29. The van der Waals surface area contributed by atoms with Crippen molar-refractivity contribution in [2.45, 2.75) is 12.8 Å². The molecule has 22 heavy (non-hydrogen) atoms. The van der Waals surface area contributed by atoms with Crippen LogP contribution in [0.4, 0.5) is 4.39 Å². The minimum atomic E-state index is -0.583. The lowest BCUT2D eigenvalue weighted by Crippen LogP contribution is -2.17. The number of carbonyl (C=O) groups is 1. The molecular formula is C18H15FO3. The fourth-order valence-electron chi connectivity index (χ4n) is 2.51. The van der Waals surface area contributed by atoms with Crippen LogP contribution in [0.5, 0.6) is 0 Å². The Balaban J connectivity index is 2.07. The molecule has 0 aliphatic heterocycles. The number of furan rings is 1. The van der Waals surface area contributed by atoms with Crippen LogP contribution in [0.25, 0.3) is 11.0 Å². The topological polar surface area (TPSA) is 39.4 Å². The molecule has 112 valence electrons. The summed E-state index contributed by atoms with van der Waals surface area (Å²) < 4.78 is 23.6. The van der Waals surface area contributed by atoms with Gasteiger partial charge in [-0.15, -0.1) is 0 Å². The van der Waals surface area contributed by atoms with E-state index in [9.17, 15) is 9.18 Å². The normalized spacial score (nSPS) is 12.3. The summed E-state index contributed by atoms with van der Waals surface area (Å²) in [6, 6.07) is 13.3. The molecule has 0 radical (unpaired) electrons. The second-order valence-electron chi connectivity index (χ2n) is 4.95. The highest BCUT2D eigenvalue weighted by molar-refractivity contribution is 5.85. The summed E-state index contributed by atoms with van der Waals surface area (Å²) in [6.45, 7) is 2.06. The summed E-state index contributed by atoms with van der Waals surface area (Å²) in [7, 11) is 0. The number of halogens is 1. The Kier molecular flexibility index (Phi) is 3.92. The van der Waals surface area contributed by atoms with Gasteiger partial charge in [0.05, 0.1) is 12.9 Å². The fourth-order valence-corrected chi connectivity index (χ4v) is 2.51. The van der Waals surface area contributed by atoms with E-state index >= 15 is 0 Å². The average molecular weight is 298 g/mol. The molecule has 3 aromatic rings. The standard InChI is InChI=1S/C18H15FO3/c1-2-21-18(20)17(12-3-6-15(19)7-4-12)14-5-8-16-13(11-14)9-10-22-16/h3-11,17H,2H2,1H3. The predicted molar refractivity (Wildman–Crippen MR) is 81.1 cm³/mol. The van der Waals surface area contributed by atoms with Gasteiger partial charge >= 0.3 is 5.97 Å². The van der Waals surface area contributed by atoms with Gasteiger partial charge in [-0.05, 0) is 48.4 Å². The van der Waals surface area contributed by atoms with Crippen LogP contribution in [0.1, 0.15) is 24.0 Å². The summed E-state index contributed by atoms with van der Waals surface area (Å²) >= 11 is 0. The first-order valence-corrected chi connectivity index (χ1v) is 7.08. The molecule has 0 bridgehead atoms. The molecule has 1 atom stereocenters. The lowest BCUT2D eigenvalue weighted by molar-refractivity contribution is -0.143. The molecule has 4 heteroatoms. The molecule has 0 saturated heterocycles. The molecule has 1 heterocycles. The zero-order valence-corrected chi connectivity index (χ0v) is 12.1. The van der Waals surface area contributed by atoms with E-state index in [1.54, 1.807) is 25.3 Å². The van der Waals surface area contributed by atoms with Crippen LogP contribution < -0.4 is 0 Å². The van der Waals surface area contributed by atoms with Gasteiger partial charge in [-0.3, -0.25) is 4.79 Å². The van der Waals surface area contributed by atoms with Crippen molar-refractivity contribution in [3.05, 3.63) is 71.7 Å². The number of hydrogen-bond donors (Lipinski definition) is 0. The summed E-state index contributed by atoms with van der Waals surface area (Å²) in [5.74, 6) is -1.27. The number of rotatable bonds is 4. The van der Waals surface area contributed by atoms with Gasteiger partial charge in [0.15, 0.2) is 0 Å². The van der Waals surface area contributed by atoms with E-state index < -0.39 is 5.92 Å². The molecule has 0 saturated carbocycles. The molecule has 3 rings (SSSR count). The molecule has 1 aromatic heterocycles. The van der Waals surface area contributed by atoms with Gasteiger partial charge in [0.2, 0.25) is 0 Å². The molecule has 0 spiro atoms. The minimum Gasteiger partial charge on any atom is -0.465 e. The molecule has 2 aromatic carbocycles. The van der Waals surface area contributed by atoms with Crippen LogP contribution in [0.15, 0.2) is 59.2 Å². The second kappa shape index (κ2) is 6.02. The molecule has 0 N–H and O–H groups in total. The number of benzene rings is 2. The van der Waals surface area contributed by atoms with E-state index in [-0.39, 0.29) is 11.8 Å². The van der Waals surface area contributed by atoms with Crippen LogP contribution >= 0.6 is 0 Å². The average Bonchev–Trinajstić information content (AvgIpc) is 2.97. The maximum atomic E-state index is 13.1. The van der Waals surface area contributed by atoms with Crippen molar-refractivity contribution in [3.63, 3.8) is 0 Å². The molecule has 1 unspecified atom stereocenters. The van der Waals surface area contributed by atoms with Crippen molar-refractivity contribution >= 4 is 16.9 Å². The summed E-state index contributed by atoms with van der Waals surface area (Å²) in [6.07, 6.45) is 1.60. The number of esters is 1. The van der Waals surface area contributed by atoms with Crippen LogP contribution in [-0.4, -0.2) is 12.6 Å². The smallest absolute Gasteiger partial charge is 0.317 e. The zero-order valence-electron chi connectivity index (χ0n) is 12.1. The second-order valence-corrected chi connectivity index (χ2v) is 4.95. The van der Waals surface area contributed by atoms with Gasteiger partial charge in [-0.25, -0.2) is 4.39 Å². The van der Waals surface area contributed by atoms with Gasteiger partial charge in [-0.1, -0.05) is 18.2 Å². The third kappa shape index (κ3) is 2.72. The minimum absolute atomic E-state index is 0.296. The van der Waals surface area contributed by atoms with Crippen LogP contribution in [-0.2, 0) is 9.53 Å². The van der Waals surface area contributed by atoms with Gasteiger partial charge < -0.3 is 9.15 Å². The monoisotopic (exact) mass is 298 g/mol. The van der Waals surface area contributed by atoms with Crippen LogP contribution in [0.3, 0.4) is 0 Å². The number of ether oxygens (including phenoxy) is 1. The first-order chi connectivity index (χ1) is 10.7. The number of fused-ring (bicyclic) bond motifs is 1. The van der Waals surface area contributed by atoms with Gasteiger partial charge in [0, 0.05) is 5.39 Å². The Morgan fingerprint density at radius 3 is 2.59 bits per heavy atom. The zero-order chi connectivity index (χ0) is 15.5. The highest BCUT2D eigenvalue weighted by Gasteiger charge is 2.24. The molecule has 0 fully saturated rings. The molecule has 3 nitrogen and oxygen atoms in total. The van der Waals surface area contributed by atoms with Crippen molar-refractivity contribution < 1.29 is 18.3 Å². The summed E-state index contributed by atoms with van der Waals surface area (Å²) in [4.78, 5) is 12.4. The Hall–Kier alpha value is -2.62. The van der Waals surface area contributed by atoms with Crippen molar-refractivity contribution in [3.8, 4) is 0 Å². The lowest BCUT2D eigenvalue weighted by Gasteiger charge is -2.16. The molecular weight excluding hydrogens is 283 g/mol. The third-order valence-electron chi connectivity index (χ3n) is 3.54. The quantitative estimate of drug-likeness (QED) is 0.675. The molecule has 0 aliphatic rings. The van der Waals surface area contributed by atoms with Crippen molar-refractivity contribution in [2.24, 2.45) is 0 Å². The summed E-state index contributed by atoms with van der Waals surface area (Å²) in [5.41, 5.74) is 2.24. The van der Waals surface area contributed by atoms with E-state index in [1.807, 2.05) is 24.3 Å². The summed E-state index contributed by atoms with van der Waals surface area (Å²) in [5, 5.41) is 0.911. The van der Waals surface area contributed by atoms with Gasteiger partial charge in [0.25, 0.3) is 0 Å². The Labute approximate surface area is 127 Å². The van der Waals surface area contributed by atoms with E-state index in [1.165, 1.54) is 12.1 Å². The molecule has 0 aliphatic carbocycles. The Morgan fingerprint density at radius 2 is 1.86 bits per heavy atom. The van der Waals surface area contributed by atoms with E-state index in [0.717, 1.165) is 16.5 Å². The van der Waals surface area contributed by atoms with E-state index in [2.05, 4.69) is 0 Å². The van der Waals surface area contributed by atoms with Crippen molar-refractivity contribution in [1.82, 2.24) is 0 Å². The van der Waals surface area contributed by atoms with Gasteiger partial charge in [-0.2, -0.15) is 0 Å². The van der Waals surface area contributed by atoms with Gasteiger partial charge in [0.1, 0.15) is 17.3 Å². The largest absolute Gasteiger partial charge is 0.465 e. The number of hydrogen-bond acceptors (Lipinski definition) is 3. The van der Waals surface area contributed by atoms with E-state index in [0.29, 0.717) is 12.2 Å². The maximum absolute atomic E-state index is 13.1. The first-order valence-electron chi connectivity index (χ1n) is 7.08. The SMILES string of the molecule is CCOC(=O)C(c1ccc(F)cc1)c1ccc2occc2c1. The first kappa shape index (κ1) is 14.3. The fraction of sp³-hybridized carbons (Fsp3) is 0.167. The third-order valence-corrected chi connectivity index (χ3v) is 3.54. The van der Waals surface area contributed by atoms with E-state index in [4.69, 9.17) is 9.15 Å². The lowest BCUT2D eigenvalue weighted by atomic mass is 9.90.